The highest BCUT2D eigenvalue weighted by Crippen LogP contribution is 2.32. The third kappa shape index (κ3) is 1.99. The van der Waals surface area contributed by atoms with Crippen molar-refractivity contribution >= 4 is 33.2 Å². The van der Waals surface area contributed by atoms with Crippen LogP contribution in [0.2, 0.25) is 0 Å². The lowest BCUT2D eigenvalue weighted by Gasteiger charge is -2.08. The van der Waals surface area contributed by atoms with Gasteiger partial charge in [-0.25, -0.2) is 0 Å². The molecule has 0 bridgehead atoms. The van der Waals surface area contributed by atoms with Gasteiger partial charge in [-0.3, -0.25) is 0 Å². The number of nitrogens with two attached hydrogens (primary N) is 2. The summed E-state index contributed by atoms with van der Waals surface area (Å²) >= 11 is 0. The highest BCUT2D eigenvalue weighted by molar-refractivity contribution is 6.10. The lowest BCUT2D eigenvalue weighted by molar-refractivity contribution is 0.869. The lowest BCUT2D eigenvalue weighted by atomic mass is 10.1. The number of anilines is 2. The second kappa shape index (κ2) is 4.81. The Morgan fingerprint density at radius 2 is 1.23 bits per heavy atom. The van der Waals surface area contributed by atoms with Gasteiger partial charge in [0.05, 0.1) is 0 Å². The maximum absolute atomic E-state index is 5.97. The van der Waals surface area contributed by atoms with Crippen molar-refractivity contribution in [3.63, 3.8) is 0 Å². The molecule has 4 N–H and O–H groups in total. The molecule has 0 saturated carbocycles. The van der Waals surface area contributed by atoms with Gasteiger partial charge in [0.25, 0.3) is 0 Å². The monoisotopic (exact) mass is 287 g/mol. The second-order valence-corrected chi connectivity index (χ2v) is 5.62. The average molecular weight is 287 g/mol. The van der Waals surface area contributed by atoms with E-state index in [4.69, 9.17) is 11.5 Å². The molecule has 1 heterocycles. The summed E-state index contributed by atoms with van der Waals surface area (Å²) in [6, 6.07) is 22.6. The van der Waals surface area contributed by atoms with Gasteiger partial charge in [-0.2, -0.15) is 0 Å². The fourth-order valence-electron chi connectivity index (χ4n) is 3.08. The quantitative estimate of drug-likeness (QED) is 0.547. The van der Waals surface area contributed by atoms with Gasteiger partial charge < -0.3 is 16.0 Å². The second-order valence-electron chi connectivity index (χ2n) is 5.62. The Bertz CT molecular complexity index is 909. The van der Waals surface area contributed by atoms with Crippen molar-refractivity contribution in [2.24, 2.45) is 0 Å². The molecule has 1 aromatic heterocycles. The van der Waals surface area contributed by atoms with Crippen molar-refractivity contribution in [2.45, 2.75) is 6.54 Å². The minimum Gasteiger partial charge on any atom is -0.399 e. The van der Waals surface area contributed by atoms with Crippen LogP contribution in [0.15, 0.2) is 66.7 Å². The van der Waals surface area contributed by atoms with E-state index in [0.29, 0.717) is 0 Å². The van der Waals surface area contributed by atoms with Crippen LogP contribution >= 0.6 is 0 Å². The SMILES string of the molecule is Nc1ccc2c(c1)c1cc(N)ccc1n2Cc1ccccc1. The largest absolute Gasteiger partial charge is 0.399 e. The van der Waals surface area contributed by atoms with Crippen molar-refractivity contribution in [2.75, 3.05) is 11.5 Å². The third-order valence-electron chi connectivity index (χ3n) is 4.10. The zero-order valence-corrected chi connectivity index (χ0v) is 12.2. The Kier molecular flexibility index (Phi) is 2.79. The van der Waals surface area contributed by atoms with Crippen molar-refractivity contribution in [3.8, 4) is 0 Å². The van der Waals surface area contributed by atoms with Gasteiger partial charge in [0.2, 0.25) is 0 Å². The third-order valence-corrected chi connectivity index (χ3v) is 4.10. The summed E-state index contributed by atoms with van der Waals surface area (Å²) in [6.45, 7) is 0.828. The van der Waals surface area contributed by atoms with Crippen LogP contribution in [0.5, 0.6) is 0 Å². The van der Waals surface area contributed by atoms with E-state index in [1.54, 1.807) is 0 Å². The van der Waals surface area contributed by atoms with E-state index in [9.17, 15) is 0 Å². The zero-order valence-electron chi connectivity index (χ0n) is 12.2. The van der Waals surface area contributed by atoms with Gasteiger partial charge in [-0.05, 0) is 42.0 Å². The highest BCUT2D eigenvalue weighted by Gasteiger charge is 2.11. The predicted octanol–water partition coefficient (Wildman–Crippen LogP) is 4.01. The Morgan fingerprint density at radius 1 is 0.682 bits per heavy atom. The van der Waals surface area contributed by atoms with Gasteiger partial charge in [0.15, 0.2) is 0 Å². The van der Waals surface area contributed by atoms with E-state index >= 15 is 0 Å². The number of nitrogens with zero attached hydrogens (tertiary/aromatic N) is 1. The van der Waals surface area contributed by atoms with Crippen LogP contribution < -0.4 is 11.5 Å². The summed E-state index contributed by atoms with van der Waals surface area (Å²) in [7, 11) is 0. The van der Waals surface area contributed by atoms with Gasteiger partial charge >= 0.3 is 0 Å². The number of fused-ring (bicyclic) bond motifs is 3. The zero-order chi connectivity index (χ0) is 15.1. The van der Waals surface area contributed by atoms with Crippen LogP contribution in [-0.4, -0.2) is 4.57 Å². The lowest BCUT2D eigenvalue weighted by Crippen LogP contribution is -1.99. The molecule has 4 rings (SSSR count). The molecule has 0 spiro atoms. The fraction of sp³-hybridized carbons (Fsp3) is 0.0526. The Morgan fingerprint density at radius 3 is 1.77 bits per heavy atom. The molecule has 0 aliphatic carbocycles. The number of hydrogen-bond acceptors (Lipinski definition) is 2. The smallest absolute Gasteiger partial charge is 0.0496 e. The Hall–Kier alpha value is -2.94. The Balaban J connectivity index is 2.02. The number of rotatable bonds is 2. The molecule has 3 aromatic carbocycles. The summed E-state index contributed by atoms with van der Waals surface area (Å²) in [5.74, 6) is 0. The van der Waals surface area contributed by atoms with E-state index < -0.39 is 0 Å². The van der Waals surface area contributed by atoms with Crippen molar-refractivity contribution in [1.29, 1.82) is 0 Å². The van der Waals surface area contributed by atoms with Crippen LogP contribution in [0, 0.1) is 0 Å². The highest BCUT2D eigenvalue weighted by atomic mass is 15.0. The van der Waals surface area contributed by atoms with E-state index in [1.165, 1.54) is 16.6 Å². The molecule has 0 fully saturated rings. The van der Waals surface area contributed by atoms with Crippen LogP contribution in [0.25, 0.3) is 21.8 Å². The van der Waals surface area contributed by atoms with Crippen molar-refractivity contribution in [3.05, 3.63) is 72.3 Å². The summed E-state index contributed by atoms with van der Waals surface area (Å²) in [5.41, 5.74) is 17.1. The predicted molar refractivity (Wildman–Crippen MR) is 93.8 cm³/mol. The first kappa shape index (κ1) is 12.8. The molecule has 0 amide bonds. The van der Waals surface area contributed by atoms with Gasteiger partial charge in [-0.15, -0.1) is 0 Å². The standard InChI is InChI=1S/C19H17N3/c20-14-6-8-18-16(10-14)17-11-15(21)7-9-19(17)22(18)12-13-4-2-1-3-5-13/h1-11H,12,20-21H2. The molecular formula is C19H17N3. The van der Waals surface area contributed by atoms with Gasteiger partial charge in [-0.1, -0.05) is 30.3 Å². The minimum atomic E-state index is 0.772. The van der Waals surface area contributed by atoms with Gasteiger partial charge in [0.1, 0.15) is 0 Å². The molecule has 0 atom stereocenters. The van der Waals surface area contributed by atoms with E-state index in [1.807, 2.05) is 30.3 Å². The van der Waals surface area contributed by atoms with Crippen LogP contribution in [0.4, 0.5) is 11.4 Å². The van der Waals surface area contributed by atoms with Gasteiger partial charge in [0, 0.05) is 39.7 Å². The molecular weight excluding hydrogens is 270 g/mol. The molecule has 0 unspecified atom stereocenters. The molecule has 22 heavy (non-hydrogen) atoms. The number of hydrogen-bond donors (Lipinski definition) is 2. The summed E-state index contributed by atoms with van der Waals surface area (Å²) in [6.07, 6.45) is 0. The number of benzene rings is 3. The van der Waals surface area contributed by atoms with Crippen LogP contribution in [-0.2, 0) is 6.54 Å². The first-order chi connectivity index (χ1) is 10.7. The number of nitrogen functional groups attached to an aromatic ring is 2. The van der Waals surface area contributed by atoms with Crippen molar-refractivity contribution < 1.29 is 0 Å². The summed E-state index contributed by atoms with van der Waals surface area (Å²) in [5, 5.41) is 2.30. The maximum Gasteiger partial charge on any atom is 0.0496 e. The maximum atomic E-state index is 5.97. The molecule has 108 valence electrons. The summed E-state index contributed by atoms with van der Waals surface area (Å²) < 4.78 is 2.32. The molecule has 4 aromatic rings. The fourth-order valence-corrected chi connectivity index (χ4v) is 3.08. The molecule has 3 nitrogen and oxygen atoms in total. The first-order valence-electron chi connectivity index (χ1n) is 7.33. The van der Waals surface area contributed by atoms with Crippen molar-refractivity contribution in [1.82, 2.24) is 4.57 Å². The average Bonchev–Trinajstić information content (AvgIpc) is 2.81. The Labute approximate surface area is 128 Å². The first-order valence-corrected chi connectivity index (χ1v) is 7.33. The molecule has 0 radical (unpaired) electrons. The molecule has 3 heteroatoms. The number of aromatic nitrogens is 1. The summed E-state index contributed by atoms with van der Waals surface area (Å²) in [4.78, 5) is 0. The molecule has 0 aliphatic heterocycles. The van der Waals surface area contributed by atoms with Crippen LogP contribution in [0.3, 0.4) is 0 Å². The van der Waals surface area contributed by atoms with E-state index in [0.717, 1.165) is 28.7 Å². The molecule has 0 aliphatic rings. The topological polar surface area (TPSA) is 57.0 Å². The van der Waals surface area contributed by atoms with Crippen LogP contribution in [0.1, 0.15) is 5.56 Å². The minimum absolute atomic E-state index is 0.772. The normalized spacial score (nSPS) is 11.3. The van der Waals surface area contributed by atoms with E-state index in [2.05, 4.69) is 41.0 Å². The van der Waals surface area contributed by atoms with E-state index in [-0.39, 0.29) is 0 Å². The molecule has 0 saturated heterocycles.